The Morgan fingerprint density at radius 3 is 2.29 bits per heavy atom. The third-order valence-corrected chi connectivity index (χ3v) is 2.47. The van der Waals surface area contributed by atoms with Gasteiger partial charge in [-0.1, -0.05) is 24.3 Å². The highest BCUT2D eigenvalue weighted by atomic mass is 16.1. The zero-order valence-electron chi connectivity index (χ0n) is 8.21. The summed E-state index contributed by atoms with van der Waals surface area (Å²) >= 11 is 0. The van der Waals surface area contributed by atoms with E-state index < -0.39 is 0 Å². The molecule has 74 valence electrons. The van der Waals surface area contributed by atoms with Crippen LogP contribution in [0.5, 0.6) is 0 Å². The Labute approximate surface area is 83.5 Å². The smallest absolute Gasteiger partial charge is 0.159 e. The summed E-state index contributed by atoms with van der Waals surface area (Å²) in [5, 5.41) is 6.65. The molecule has 1 heterocycles. The molecule has 0 atom stereocenters. The number of carbonyl (C=O) groups is 1. The van der Waals surface area contributed by atoms with Gasteiger partial charge in [0.2, 0.25) is 0 Å². The molecule has 2 rings (SSSR count). The van der Waals surface area contributed by atoms with Gasteiger partial charge in [0, 0.05) is 18.7 Å². The fraction of sp³-hybridized carbons (Fsp3) is 0.364. The minimum Gasteiger partial charge on any atom is -0.297 e. The molecule has 0 aromatic heterocycles. The first-order chi connectivity index (χ1) is 6.77. The third kappa shape index (κ3) is 1.84. The van der Waals surface area contributed by atoms with Crippen LogP contribution in [0.4, 0.5) is 0 Å². The summed E-state index contributed by atoms with van der Waals surface area (Å²) in [6, 6.07) is 7.73. The van der Waals surface area contributed by atoms with Crippen molar-refractivity contribution in [2.45, 2.75) is 13.1 Å². The van der Waals surface area contributed by atoms with Crippen molar-refractivity contribution in [1.29, 1.82) is 0 Å². The van der Waals surface area contributed by atoms with Crippen molar-refractivity contribution in [1.82, 2.24) is 10.6 Å². The van der Waals surface area contributed by atoms with Gasteiger partial charge in [-0.05, 0) is 12.5 Å². The molecule has 0 amide bonds. The molecule has 2 N–H and O–H groups in total. The van der Waals surface area contributed by atoms with Crippen LogP contribution in [-0.2, 0) is 0 Å². The Balaban J connectivity index is 2.16. The van der Waals surface area contributed by atoms with Crippen molar-refractivity contribution in [3.8, 4) is 0 Å². The average Bonchev–Trinajstić information content (AvgIpc) is 2.71. The molecular weight excluding hydrogens is 176 g/mol. The van der Waals surface area contributed by atoms with Gasteiger partial charge < -0.3 is 0 Å². The topological polar surface area (TPSA) is 41.1 Å². The summed E-state index contributed by atoms with van der Waals surface area (Å²) in [7, 11) is 0. The SMILES string of the molecule is CC(=O)c1ccc(C2NCCN2)cc1. The van der Waals surface area contributed by atoms with Crippen LogP contribution in [0.2, 0.25) is 0 Å². The van der Waals surface area contributed by atoms with Gasteiger partial charge in [0.05, 0.1) is 6.17 Å². The van der Waals surface area contributed by atoms with Crippen molar-refractivity contribution < 1.29 is 4.79 Å². The van der Waals surface area contributed by atoms with Gasteiger partial charge in [0.1, 0.15) is 0 Å². The van der Waals surface area contributed by atoms with Crippen LogP contribution in [0.1, 0.15) is 29.0 Å². The first-order valence-corrected chi connectivity index (χ1v) is 4.85. The molecule has 0 unspecified atom stereocenters. The van der Waals surface area contributed by atoms with Crippen molar-refractivity contribution in [2.75, 3.05) is 13.1 Å². The molecule has 0 radical (unpaired) electrons. The second-order valence-electron chi connectivity index (χ2n) is 3.52. The van der Waals surface area contributed by atoms with Crippen LogP contribution in [-0.4, -0.2) is 18.9 Å². The maximum atomic E-state index is 11.0. The molecule has 0 spiro atoms. The van der Waals surface area contributed by atoms with E-state index in [9.17, 15) is 4.79 Å². The summed E-state index contributed by atoms with van der Waals surface area (Å²) in [4.78, 5) is 11.0. The summed E-state index contributed by atoms with van der Waals surface area (Å²) in [5.41, 5.74) is 1.96. The monoisotopic (exact) mass is 190 g/mol. The van der Waals surface area contributed by atoms with E-state index in [0.717, 1.165) is 18.7 Å². The zero-order chi connectivity index (χ0) is 9.97. The van der Waals surface area contributed by atoms with Gasteiger partial charge in [0.25, 0.3) is 0 Å². The minimum absolute atomic E-state index is 0.115. The van der Waals surface area contributed by atoms with Crippen molar-refractivity contribution in [3.05, 3.63) is 35.4 Å². The van der Waals surface area contributed by atoms with E-state index in [1.54, 1.807) is 6.92 Å². The number of hydrogen-bond donors (Lipinski definition) is 2. The first-order valence-electron chi connectivity index (χ1n) is 4.85. The quantitative estimate of drug-likeness (QED) is 0.686. The molecule has 0 saturated carbocycles. The number of hydrogen-bond acceptors (Lipinski definition) is 3. The molecule has 0 aliphatic carbocycles. The van der Waals surface area contributed by atoms with Crippen LogP contribution >= 0.6 is 0 Å². The summed E-state index contributed by atoms with van der Waals surface area (Å²) in [6.07, 6.45) is 0.246. The van der Waals surface area contributed by atoms with Crippen LogP contribution in [0.25, 0.3) is 0 Å². The highest BCUT2D eigenvalue weighted by molar-refractivity contribution is 5.94. The van der Waals surface area contributed by atoms with Crippen molar-refractivity contribution >= 4 is 5.78 Å². The summed E-state index contributed by atoms with van der Waals surface area (Å²) < 4.78 is 0. The number of Topliss-reactive ketones (excluding diaryl/α,β-unsaturated/α-hetero) is 1. The molecular formula is C11H14N2O. The van der Waals surface area contributed by atoms with Crippen molar-refractivity contribution in [2.24, 2.45) is 0 Å². The van der Waals surface area contributed by atoms with Gasteiger partial charge in [-0.3, -0.25) is 15.4 Å². The van der Waals surface area contributed by atoms with Crippen LogP contribution in [0, 0.1) is 0 Å². The van der Waals surface area contributed by atoms with Gasteiger partial charge in [-0.15, -0.1) is 0 Å². The molecule has 1 aromatic carbocycles. The van der Waals surface area contributed by atoms with E-state index in [1.165, 1.54) is 5.56 Å². The lowest BCUT2D eigenvalue weighted by molar-refractivity contribution is 0.101. The minimum atomic E-state index is 0.115. The van der Waals surface area contributed by atoms with E-state index in [4.69, 9.17) is 0 Å². The summed E-state index contributed by atoms with van der Waals surface area (Å²) in [6.45, 7) is 3.58. The van der Waals surface area contributed by atoms with E-state index >= 15 is 0 Å². The Kier molecular flexibility index (Phi) is 2.61. The fourth-order valence-electron chi connectivity index (χ4n) is 1.65. The average molecular weight is 190 g/mol. The lowest BCUT2D eigenvalue weighted by atomic mass is 10.1. The largest absolute Gasteiger partial charge is 0.297 e. The number of nitrogens with one attached hydrogen (secondary N) is 2. The Bertz CT molecular complexity index is 326. The lowest BCUT2D eigenvalue weighted by Gasteiger charge is -2.11. The second-order valence-corrected chi connectivity index (χ2v) is 3.52. The number of ketones is 1. The van der Waals surface area contributed by atoms with Crippen LogP contribution in [0.3, 0.4) is 0 Å². The first kappa shape index (κ1) is 9.37. The Morgan fingerprint density at radius 1 is 1.21 bits per heavy atom. The molecule has 14 heavy (non-hydrogen) atoms. The van der Waals surface area contributed by atoms with Gasteiger partial charge >= 0.3 is 0 Å². The molecule has 1 aliphatic heterocycles. The maximum Gasteiger partial charge on any atom is 0.159 e. The summed E-state index contributed by atoms with van der Waals surface area (Å²) in [5.74, 6) is 0.115. The molecule has 3 nitrogen and oxygen atoms in total. The molecule has 3 heteroatoms. The van der Waals surface area contributed by atoms with Crippen molar-refractivity contribution in [3.63, 3.8) is 0 Å². The van der Waals surface area contributed by atoms with E-state index in [-0.39, 0.29) is 11.9 Å². The Morgan fingerprint density at radius 2 is 1.79 bits per heavy atom. The van der Waals surface area contributed by atoms with E-state index in [2.05, 4.69) is 10.6 Å². The highest BCUT2D eigenvalue weighted by Crippen LogP contribution is 2.13. The molecule has 1 saturated heterocycles. The van der Waals surface area contributed by atoms with Crippen LogP contribution in [0.15, 0.2) is 24.3 Å². The van der Waals surface area contributed by atoms with Crippen LogP contribution < -0.4 is 10.6 Å². The number of carbonyl (C=O) groups excluding carboxylic acids is 1. The number of rotatable bonds is 2. The molecule has 1 aromatic rings. The molecule has 0 bridgehead atoms. The fourth-order valence-corrected chi connectivity index (χ4v) is 1.65. The highest BCUT2D eigenvalue weighted by Gasteiger charge is 2.14. The molecule has 1 aliphatic rings. The standard InChI is InChI=1S/C11H14N2O/c1-8(14)9-2-4-10(5-3-9)11-12-6-7-13-11/h2-5,11-13H,6-7H2,1H3. The van der Waals surface area contributed by atoms with Gasteiger partial charge in [-0.2, -0.15) is 0 Å². The van der Waals surface area contributed by atoms with E-state index in [1.807, 2.05) is 24.3 Å². The number of benzene rings is 1. The lowest BCUT2D eigenvalue weighted by Crippen LogP contribution is -2.21. The predicted octanol–water partition coefficient (Wildman–Crippen LogP) is 1.08. The van der Waals surface area contributed by atoms with Gasteiger partial charge in [0.15, 0.2) is 5.78 Å². The second kappa shape index (κ2) is 3.90. The normalized spacial score (nSPS) is 17.2. The van der Waals surface area contributed by atoms with E-state index in [0.29, 0.717) is 0 Å². The maximum absolute atomic E-state index is 11.0. The Hall–Kier alpha value is -1.19. The predicted molar refractivity (Wildman–Crippen MR) is 55.2 cm³/mol. The van der Waals surface area contributed by atoms with Gasteiger partial charge in [-0.25, -0.2) is 0 Å². The third-order valence-electron chi connectivity index (χ3n) is 2.47. The molecule has 1 fully saturated rings. The zero-order valence-corrected chi connectivity index (χ0v) is 8.21.